The van der Waals surface area contributed by atoms with Gasteiger partial charge in [0.2, 0.25) is 0 Å². The number of aliphatic hydroxyl groups is 1. The van der Waals surface area contributed by atoms with E-state index in [0.717, 1.165) is 0 Å². The molecule has 0 amide bonds. The molecule has 0 radical (unpaired) electrons. The van der Waals surface area contributed by atoms with Gasteiger partial charge in [-0.2, -0.15) is 0 Å². The third-order valence-corrected chi connectivity index (χ3v) is 2.22. The molecule has 0 spiro atoms. The lowest BCUT2D eigenvalue weighted by atomic mass is 10.2. The first kappa shape index (κ1) is 10.5. The summed E-state index contributed by atoms with van der Waals surface area (Å²) in [5.41, 5.74) is 0.452. The summed E-state index contributed by atoms with van der Waals surface area (Å²) >= 11 is 0. The highest BCUT2D eigenvalue weighted by Crippen LogP contribution is 2.33. The van der Waals surface area contributed by atoms with E-state index in [1.807, 2.05) is 18.2 Å². The zero-order chi connectivity index (χ0) is 11.4. The number of ether oxygens (including phenoxy) is 1. The van der Waals surface area contributed by atoms with Crippen LogP contribution in [0.4, 0.5) is 0 Å². The molecule has 2 rings (SSSR count). The summed E-state index contributed by atoms with van der Waals surface area (Å²) in [5, 5.41) is 18.8. The van der Waals surface area contributed by atoms with E-state index in [1.165, 1.54) is 0 Å². The molecule has 0 aliphatic rings. The molecule has 2 aromatic carbocycles. The highest BCUT2D eigenvalue weighted by Gasteiger charge is 2.07. The lowest BCUT2D eigenvalue weighted by Gasteiger charge is -2.09. The molecule has 0 aliphatic heterocycles. The van der Waals surface area contributed by atoms with Crippen molar-refractivity contribution in [2.45, 2.75) is 6.61 Å². The Morgan fingerprint density at radius 1 is 0.938 bits per heavy atom. The van der Waals surface area contributed by atoms with Gasteiger partial charge in [0.05, 0.1) is 6.61 Å². The second-order valence-corrected chi connectivity index (χ2v) is 3.34. The van der Waals surface area contributed by atoms with Crippen LogP contribution in [0.15, 0.2) is 48.5 Å². The molecule has 3 heteroatoms. The maximum atomic E-state index is 9.77. The van der Waals surface area contributed by atoms with Crippen molar-refractivity contribution in [3.8, 4) is 17.2 Å². The maximum absolute atomic E-state index is 9.77. The molecular weight excluding hydrogens is 204 g/mol. The molecule has 16 heavy (non-hydrogen) atoms. The Bertz CT molecular complexity index is 466. The minimum atomic E-state index is -0.210. The van der Waals surface area contributed by atoms with Crippen LogP contribution in [0, 0.1) is 0 Å². The van der Waals surface area contributed by atoms with Crippen molar-refractivity contribution in [3.05, 3.63) is 54.1 Å². The lowest BCUT2D eigenvalue weighted by Crippen LogP contribution is -1.89. The number of hydrogen-bond acceptors (Lipinski definition) is 3. The Hall–Kier alpha value is -2.00. The molecule has 3 nitrogen and oxygen atoms in total. The lowest BCUT2D eigenvalue weighted by molar-refractivity contribution is 0.273. The van der Waals surface area contributed by atoms with Gasteiger partial charge in [0, 0.05) is 5.56 Å². The first-order valence-electron chi connectivity index (χ1n) is 4.96. The van der Waals surface area contributed by atoms with Crippen LogP contribution in [-0.2, 0) is 6.61 Å². The molecule has 0 fully saturated rings. The van der Waals surface area contributed by atoms with Gasteiger partial charge in [-0.1, -0.05) is 30.3 Å². The second kappa shape index (κ2) is 4.68. The van der Waals surface area contributed by atoms with E-state index in [1.54, 1.807) is 30.3 Å². The van der Waals surface area contributed by atoms with Gasteiger partial charge in [0.1, 0.15) is 5.75 Å². The van der Waals surface area contributed by atoms with E-state index in [9.17, 15) is 5.11 Å². The Labute approximate surface area is 93.6 Å². The summed E-state index contributed by atoms with van der Waals surface area (Å²) in [5.74, 6) is 0.972. The Morgan fingerprint density at radius 3 is 2.38 bits per heavy atom. The largest absolute Gasteiger partial charge is 0.504 e. The van der Waals surface area contributed by atoms with Gasteiger partial charge < -0.3 is 14.9 Å². The van der Waals surface area contributed by atoms with Crippen molar-refractivity contribution in [2.24, 2.45) is 0 Å². The topological polar surface area (TPSA) is 49.7 Å². The van der Waals surface area contributed by atoms with Crippen LogP contribution < -0.4 is 4.74 Å². The van der Waals surface area contributed by atoms with Crippen molar-refractivity contribution in [3.63, 3.8) is 0 Å². The average Bonchev–Trinajstić information content (AvgIpc) is 2.33. The molecule has 0 bridgehead atoms. The summed E-state index contributed by atoms with van der Waals surface area (Å²) in [6.45, 7) is -0.210. The van der Waals surface area contributed by atoms with Crippen LogP contribution in [0.3, 0.4) is 0 Å². The van der Waals surface area contributed by atoms with Crippen molar-refractivity contribution in [2.75, 3.05) is 0 Å². The van der Waals surface area contributed by atoms with Gasteiger partial charge in [0.15, 0.2) is 11.5 Å². The number of aromatic hydroxyl groups is 1. The molecule has 0 heterocycles. The number of phenols is 1. The quantitative estimate of drug-likeness (QED) is 0.829. The van der Waals surface area contributed by atoms with E-state index in [2.05, 4.69) is 0 Å². The van der Waals surface area contributed by atoms with E-state index in [4.69, 9.17) is 9.84 Å². The monoisotopic (exact) mass is 216 g/mol. The molecule has 82 valence electrons. The summed E-state index contributed by atoms with van der Waals surface area (Å²) < 4.78 is 5.49. The normalized spacial score (nSPS) is 10.1. The maximum Gasteiger partial charge on any atom is 0.169 e. The number of aliphatic hydroxyl groups excluding tert-OH is 1. The zero-order valence-electron chi connectivity index (χ0n) is 8.63. The summed E-state index contributed by atoms with van der Waals surface area (Å²) in [6, 6.07) is 14.2. The van der Waals surface area contributed by atoms with Crippen LogP contribution in [0.25, 0.3) is 0 Å². The van der Waals surface area contributed by atoms with Gasteiger partial charge in [-0.25, -0.2) is 0 Å². The van der Waals surface area contributed by atoms with Gasteiger partial charge in [0.25, 0.3) is 0 Å². The van der Waals surface area contributed by atoms with Gasteiger partial charge >= 0.3 is 0 Å². The van der Waals surface area contributed by atoms with Crippen molar-refractivity contribution in [1.29, 1.82) is 0 Å². The Balaban J connectivity index is 2.28. The third-order valence-electron chi connectivity index (χ3n) is 2.22. The average molecular weight is 216 g/mol. The third kappa shape index (κ3) is 2.15. The van der Waals surface area contributed by atoms with E-state index >= 15 is 0 Å². The predicted octanol–water partition coefficient (Wildman–Crippen LogP) is 2.68. The molecule has 2 N–H and O–H groups in total. The van der Waals surface area contributed by atoms with Crippen molar-refractivity contribution in [1.82, 2.24) is 0 Å². The molecule has 0 aliphatic carbocycles. The molecule has 2 aromatic rings. The Morgan fingerprint density at radius 2 is 1.69 bits per heavy atom. The molecule has 0 saturated heterocycles. The van der Waals surface area contributed by atoms with Crippen LogP contribution >= 0.6 is 0 Å². The minimum Gasteiger partial charge on any atom is -0.504 e. The summed E-state index contributed by atoms with van der Waals surface area (Å²) in [7, 11) is 0. The molecule has 0 unspecified atom stereocenters. The molecular formula is C13H12O3. The minimum absolute atomic E-state index is 0.0196. The Kier molecular flexibility index (Phi) is 3.08. The number of para-hydroxylation sites is 2. The van der Waals surface area contributed by atoms with Gasteiger partial charge in [-0.15, -0.1) is 0 Å². The van der Waals surface area contributed by atoms with Crippen LogP contribution in [-0.4, -0.2) is 10.2 Å². The molecule has 0 saturated carbocycles. The predicted molar refractivity (Wildman–Crippen MR) is 60.5 cm³/mol. The standard InChI is InChI=1S/C13H12O3/c14-9-10-5-4-8-12(13(10)15)16-11-6-2-1-3-7-11/h1-8,14-15H,9H2. The van der Waals surface area contributed by atoms with Crippen LogP contribution in [0.1, 0.15) is 5.56 Å². The summed E-state index contributed by atoms with van der Waals surface area (Å²) in [6.07, 6.45) is 0. The zero-order valence-corrected chi connectivity index (χ0v) is 8.63. The molecule has 0 aromatic heterocycles. The number of benzene rings is 2. The fraction of sp³-hybridized carbons (Fsp3) is 0.0769. The first-order valence-corrected chi connectivity index (χ1v) is 4.96. The highest BCUT2D eigenvalue weighted by molar-refractivity contribution is 5.47. The SMILES string of the molecule is OCc1cccc(Oc2ccccc2)c1O. The van der Waals surface area contributed by atoms with Crippen LogP contribution in [0.2, 0.25) is 0 Å². The first-order chi connectivity index (χ1) is 7.81. The van der Waals surface area contributed by atoms with E-state index < -0.39 is 0 Å². The number of hydrogen-bond donors (Lipinski definition) is 2. The summed E-state index contributed by atoms with van der Waals surface area (Å²) in [4.78, 5) is 0. The van der Waals surface area contributed by atoms with E-state index in [-0.39, 0.29) is 12.4 Å². The smallest absolute Gasteiger partial charge is 0.169 e. The van der Waals surface area contributed by atoms with Gasteiger partial charge in [-0.05, 0) is 18.2 Å². The second-order valence-electron chi connectivity index (χ2n) is 3.34. The van der Waals surface area contributed by atoms with Crippen molar-refractivity contribution < 1.29 is 14.9 Å². The number of rotatable bonds is 3. The van der Waals surface area contributed by atoms with Gasteiger partial charge in [-0.3, -0.25) is 0 Å². The fourth-order valence-electron chi connectivity index (χ4n) is 1.39. The van der Waals surface area contributed by atoms with Crippen molar-refractivity contribution >= 4 is 0 Å². The highest BCUT2D eigenvalue weighted by atomic mass is 16.5. The van der Waals surface area contributed by atoms with Crippen LogP contribution in [0.5, 0.6) is 17.2 Å². The van der Waals surface area contributed by atoms with E-state index in [0.29, 0.717) is 17.1 Å². The fourth-order valence-corrected chi connectivity index (χ4v) is 1.39. The molecule has 0 atom stereocenters.